The van der Waals surface area contributed by atoms with Gasteiger partial charge < -0.3 is 5.11 Å². The summed E-state index contributed by atoms with van der Waals surface area (Å²) < 4.78 is 0. The van der Waals surface area contributed by atoms with Crippen molar-refractivity contribution in [1.29, 1.82) is 0 Å². The van der Waals surface area contributed by atoms with E-state index in [4.69, 9.17) is 5.11 Å². The molecule has 1 rings (SSSR count). The molecule has 0 aromatic heterocycles. The Balaban J connectivity index is 2.84. The standard InChI is InChI=1S/C8H10O3/c1-8(7(10)11)4-2-6(9)3-5-8/h2,4H,3,5H2,1H3,(H,10,11). The van der Waals surface area contributed by atoms with Crippen LogP contribution in [0.3, 0.4) is 0 Å². The Labute approximate surface area is 64.7 Å². The van der Waals surface area contributed by atoms with E-state index in [2.05, 4.69) is 0 Å². The SMILES string of the molecule is CC1(C(=O)O)C=CC(=O)CC1. The van der Waals surface area contributed by atoms with Crippen molar-refractivity contribution >= 4 is 11.8 Å². The molecule has 0 heterocycles. The lowest BCUT2D eigenvalue weighted by Gasteiger charge is -2.22. The highest BCUT2D eigenvalue weighted by molar-refractivity contribution is 5.93. The van der Waals surface area contributed by atoms with Gasteiger partial charge in [0.2, 0.25) is 0 Å². The molecule has 3 nitrogen and oxygen atoms in total. The number of hydrogen-bond acceptors (Lipinski definition) is 2. The predicted molar refractivity (Wildman–Crippen MR) is 39.1 cm³/mol. The molecule has 0 saturated heterocycles. The van der Waals surface area contributed by atoms with Crippen molar-refractivity contribution in [2.75, 3.05) is 0 Å². The predicted octanol–water partition coefficient (Wildman–Crippen LogP) is 0.996. The largest absolute Gasteiger partial charge is 0.481 e. The summed E-state index contributed by atoms with van der Waals surface area (Å²) in [7, 11) is 0. The second-order valence-electron chi connectivity index (χ2n) is 3.02. The van der Waals surface area contributed by atoms with E-state index in [1.165, 1.54) is 12.2 Å². The minimum Gasteiger partial charge on any atom is -0.481 e. The first-order valence-electron chi connectivity index (χ1n) is 3.50. The average molecular weight is 154 g/mol. The van der Waals surface area contributed by atoms with Crippen LogP contribution in [0.25, 0.3) is 0 Å². The third-order valence-corrected chi connectivity index (χ3v) is 2.02. The van der Waals surface area contributed by atoms with Crippen LogP contribution in [0.4, 0.5) is 0 Å². The lowest BCUT2D eigenvalue weighted by Crippen LogP contribution is -2.28. The van der Waals surface area contributed by atoms with Crippen molar-refractivity contribution in [2.24, 2.45) is 5.41 Å². The lowest BCUT2D eigenvalue weighted by molar-refractivity contribution is -0.145. The van der Waals surface area contributed by atoms with E-state index < -0.39 is 11.4 Å². The summed E-state index contributed by atoms with van der Waals surface area (Å²) in [6.07, 6.45) is 3.59. The highest BCUT2D eigenvalue weighted by Gasteiger charge is 2.32. The fraction of sp³-hybridized carbons (Fsp3) is 0.500. The van der Waals surface area contributed by atoms with Gasteiger partial charge in [0.05, 0.1) is 5.41 Å². The van der Waals surface area contributed by atoms with Gasteiger partial charge in [-0.3, -0.25) is 9.59 Å². The Morgan fingerprint density at radius 3 is 2.73 bits per heavy atom. The molecule has 0 spiro atoms. The molecule has 0 saturated carbocycles. The summed E-state index contributed by atoms with van der Waals surface area (Å²) in [5, 5.41) is 8.72. The van der Waals surface area contributed by atoms with E-state index in [1.54, 1.807) is 6.92 Å². The molecule has 11 heavy (non-hydrogen) atoms. The maximum absolute atomic E-state index is 10.7. The van der Waals surface area contributed by atoms with Crippen LogP contribution in [-0.4, -0.2) is 16.9 Å². The van der Waals surface area contributed by atoms with E-state index in [0.717, 1.165) is 0 Å². The summed E-state index contributed by atoms with van der Waals surface area (Å²) >= 11 is 0. The molecule has 0 aromatic rings. The van der Waals surface area contributed by atoms with Gasteiger partial charge in [0.1, 0.15) is 0 Å². The van der Waals surface area contributed by atoms with Crippen LogP contribution in [0.5, 0.6) is 0 Å². The quantitative estimate of drug-likeness (QED) is 0.612. The Hall–Kier alpha value is -1.12. The second-order valence-corrected chi connectivity index (χ2v) is 3.02. The van der Waals surface area contributed by atoms with E-state index >= 15 is 0 Å². The molecule has 0 amide bonds. The normalized spacial score (nSPS) is 30.5. The number of carbonyl (C=O) groups is 2. The number of carboxylic acids is 1. The molecule has 0 fully saturated rings. The zero-order chi connectivity index (χ0) is 8.48. The van der Waals surface area contributed by atoms with Crippen molar-refractivity contribution in [2.45, 2.75) is 19.8 Å². The third-order valence-electron chi connectivity index (χ3n) is 2.02. The third kappa shape index (κ3) is 1.48. The number of aliphatic carboxylic acids is 1. The fourth-order valence-electron chi connectivity index (χ4n) is 1.00. The molecule has 0 radical (unpaired) electrons. The van der Waals surface area contributed by atoms with Gasteiger partial charge in [-0.25, -0.2) is 0 Å². The summed E-state index contributed by atoms with van der Waals surface area (Å²) in [5.74, 6) is -0.843. The number of hydrogen-bond donors (Lipinski definition) is 1. The van der Waals surface area contributed by atoms with Crippen LogP contribution < -0.4 is 0 Å². The topological polar surface area (TPSA) is 54.4 Å². The molecule has 0 aromatic carbocycles. The number of rotatable bonds is 1. The monoisotopic (exact) mass is 154 g/mol. The van der Waals surface area contributed by atoms with Gasteiger partial charge in [-0.2, -0.15) is 0 Å². The maximum Gasteiger partial charge on any atom is 0.313 e. The van der Waals surface area contributed by atoms with Crippen molar-refractivity contribution in [3.8, 4) is 0 Å². The Bertz CT molecular complexity index is 229. The highest BCUT2D eigenvalue weighted by atomic mass is 16.4. The lowest BCUT2D eigenvalue weighted by atomic mass is 9.81. The molecule has 0 aliphatic heterocycles. The van der Waals surface area contributed by atoms with Crippen LogP contribution in [0.2, 0.25) is 0 Å². The molecule has 1 aliphatic rings. The molecule has 1 aliphatic carbocycles. The zero-order valence-electron chi connectivity index (χ0n) is 6.33. The molecule has 1 unspecified atom stereocenters. The van der Waals surface area contributed by atoms with Gasteiger partial charge in [-0.05, 0) is 19.4 Å². The summed E-state index contributed by atoms with van der Waals surface area (Å²) in [5.41, 5.74) is -0.825. The molecule has 3 heteroatoms. The average Bonchev–Trinajstić information content (AvgIpc) is 1.95. The van der Waals surface area contributed by atoms with Gasteiger partial charge in [0.15, 0.2) is 5.78 Å². The summed E-state index contributed by atoms with van der Waals surface area (Å²) in [6.45, 7) is 1.62. The zero-order valence-corrected chi connectivity index (χ0v) is 6.33. The highest BCUT2D eigenvalue weighted by Crippen LogP contribution is 2.28. The number of allylic oxidation sites excluding steroid dienone is 1. The van der Waals surface area contributed by atoms with Crippen molar-refractivity contribution in [1.82, 2.24) is 0 Å². The summed E-state index contributed by atoms with van der Waals surface area (Å²) in [6, 6.07) is 0. The van der Waals surface area contributed by atoms with Crippen LogP contribution >= 0.6 is 0 Å². The summed E-state index contributed by atoms with van der Waals surface area (Å²) in [4.78, 5) is 21.3. The number of ketones is 1. The van der Waals surface area contributed by atoms with Crippen LogP contribution in [0, 0.1) is 5.41 Å². The van der Waals surface area contributed by atoms with Crippen molar-refractivity contribution < 1.29 is 14.7 Å². The first-order chi connectivity index (χ1) is 5.04. The number of carboxylic acid groups (broad SMARTS) is 1. The van der Waals surface area contributed by atoms with E-state index in [1.807, 2.05) is 0 Å². The molecular weight excluding hydrogens is 144 g/mol. The molecule has 1 atom stereocenters. The first-order valence-corrected chi connectivity index (χ1v) is 3.50. The van der Waals surface area contributed by atoms with E-state index in [0.29, 0.717) is 12.8 Å². The second kappa shape index (κ2) is 2.49. The first kappa shape index (κ1) is 7.98. The molecule has 0 bridgehead atoms. The van der Waals surface area contributed by atoms with Gasteiger partial charge in [0.25, 0.3) is 0 Å². The van der Waals surface area contributed by atoms with Crippen molar-refractivity contribution in [3.63, 3.8) is 0 Å². The Morgan fingerprint density at radius 2 is 2.36 bits per heavy atom. The molecule has 1 N–H and O–H groups in total. The maximum atomic E-state index is 10.7. The molecular formula is C8H10O3. The number of carbonyl (C=O) groups excluding carboxylic acids is 1. The van der Waals surface area contributed by atoms with Crippen molar-refractivity contribution in [3.05, 3.63) is 12.2 Å². The van der Waals surface area contributed by atoms with Gasteiger partial charge in [-0.1, -0.05) is 6.08 Å². The molecule has 60 valence electrons. The van der Waals surface area contributed by atoms with E-state index in [-0.39, 0.29) is 5.78 Å². The minimum atomic E-state index is -0.860. The van der Waals surface area contributed by atoms with Gasteiger partial charge >= 0.3 is 5.97 Å². The smallest absolute Gasteiger partial charge is 0.313 e. The van der Waals surface area contributed by atoms with Crippen LogP contribution in [0.1, 0.15) is 19.8 Å². The Morgan fingerprint density at radius 1 is 1.73 bits per heavy atom. The van der Waals surface area contributed by atoms with Gasteiger partial charge in [-0.15, -0.1) is 0 Å². The van der Waals surface area contributed by atoms with Crippen LogP contribution in [-0.2, 0) is 9.59 Å². The van der Waals surface area contributed by atoms with E-state index in [9.17, 15) is 9.59 Å². The van der Waals surface area contributed by atoms with Crippen LogP contribution in [0.15, 0.2) is 12.2 Å². The minimum absolute atomic E-state index is 0.0173. The van der Waals surface area contributed by atoms with Gasteiger partial charge in [0, 0.05) is 6.42 Å². The Kier molecular flexibility index (Phi) is 1.81. The fourth-order valence-corrected chi connectivity index (χ4v) is 1.00.